The van der Waals surface area contributed by atoms with Gasteiger partial charge in [-0.15, -0.1) is 0 Å². The number of hydrogen-bond acceptors (Lipinski definition) is 2. The van der Waals surface area contributed by atoms with E-state index in [0.717, 1.165) is 0 Å². The van der Waals surface area contributed by atoms with E-state index in [2.05, 4.69) is 19.3 Å². The molecule has 76 valence electrons. The molecule has 0 aliphatic heterocycles. The lowest BCUT2D eigenvalue weighted by Gasteiger charge is -2.11. The zero-order valence-corrected chi connectivity index (χ0v) is 8.79. The molecule has 0 radical (unpaired) electrons. The Kier molecular flexibility index (Phi) is 3.25. The second-order valence-corrected chi connectivity index (χ2v) is 3.70. The second kappa shape index (κ2) is 4.24. The summed E-state index contributed by atoms with van der Waals surface area (Å²) in [6.45, 7) is 6.25. The molecule has 1 aromatic rings. The van der Waals surface area contributed by atoms with Crippen molar-refractivity contribution in [3.8, 4) is 0 Å². The Morgan fingerprint density at radius 1 is 1.43 bits per heavy atom. The number of nitrogens with two attached hydrogens (primary N) is 1. The quantitative estimate of drug-likeness (QED) is 0.426. The van der Waals surface area contributed by atoms with Gasteiger partial charge in [0.1, 0.15) is 0 Å². The number of nitrogen functional groups attached to an aromatic ring is 1. The van der Waals surface area contributed by atoms with Crippen LogP contribution >= 0.6 is 0 Å². The average Bonchev–Trinajstić information content (AvgIpc) is 2.17. The molecule has 0 atom stereocenters. The fourth-order valence-corrected chi connectivity index (χ4v) is 1.49. The molecule has 14 heavy (non-hydrogen) atoms. The zero-order valence-electron chi connectivity index (χ0n) is 8.79. The van der Waals surface area contributed by atoms with Crippen molar-refractivity contribution in [3.63, 3.8) is 0 Å². The van der Waals surface area contributed by atoms with Crippen LogP contribution in [-0.2, 0) is 0 Å². The SMILES string of the molecule is Cc1ccc(C(=O)NN)cc1C(C)C. The third-order valence-electron chi connectivity index (χ3n) is 2.29. The molecule has 1 rings (SSSR count). The first-order valence-electron chi connectivity index (χ1n) is 4.67. The third kappa shape index (κ3) is 2.12. The van der Waals surface area contributed by atoms with Gasteiger partial charge in [0, 0.05) is 5.56 Å². The van der Waals surface area contributed by atoms with Gasteiger partial charge in [-0.05, 0) is 36.1 Å². The van der Waals surface area contributed by atoms with E-state index >= 15 is 0 Å². The van der Waals surface area contributed by atoms with Gasteiger partial charge in [-0.25, -0.2) is 5.84 Å². The summed E-state index contributed by atoms with van der Waals surface area (Å²) in [5.41, 5.74) is 5.13. The molecular weight excluding hydrogens is 176 g/mol. The lowest BCUT2D eigenvalue weighted by Crippen LogP contribution is -2.30. The van der Waals surface area contributed by atoms with Crippen LogP contribution in [0.3, 0.4) is 0 Å². The highest BCUT2D eigenvalue weighted by molar-refractivity contribution is 5.94. The van der Waals surface area contributed by atoms with Crippen LogP contribution in [0.2, 0.25) is 0 Å². The molecule has 3 N–H and O–H groups in total. The lowest BCUT2D eigenvalue weighted by molar-refractivity contribution is 0.0953. The molecule has 0 aliphatic carbocycles. The van der Waals surface area contributed by atoms with Crippen molar-refractivity contribution in [1.82, 2.24) is 5.43 Å². The predicted molar refractivity (Wildman–Crippen MR) is 56.9 cm³/mol. The van der Waals surface area contributed by atoms with Crippen LogP contribution in [0.5, 0.6) is 0 Å². The minimum Gasteiger partial charge on any atom is -0.290 e. The average molecular weight is 192 g/mol. The van der Waals surface area contributed by atoms with E-state index in [0.29, 0.717) is 11.5 Å². The summed E-state index contributed by atoms with van der Waals surface area (Å²) >= 11 is 0. The van der Waals surface area contributed by atoms with Crippen LogP contribution in [0, 0.1) is 6.92 Å². The van der Waals surface area contributed by atoms with Gasteiger partial charge in [0.15, 0.2) is 0 Å². The Morgan fingerprint density at radius 3 is 2.57 bits per heavy atom. The molecule has 1 amide bonds. The highest BCUT2D eigenvalue weighted by Gasteiger charge is 2.08. The summed E-state index contributed by atoms with van der Waals surface area (Å²) in [6.07, 6.45) is 0. The number of carbonyl (C=O) groups is 1. The summed E-state index contributed by atoms with van der Waals surface area (Å²) in [5, 5.41) is 0. The smallest absolute Gasteiger partial charge is 0.265 e. The highest BCUT2D eigenvalue weighted by atomic mass is 16.2. The summed E-state index contributed by atoms with van der Waals surface area (Å²) < 4.78 is 0. The first-order chi connectivity index (χ1) is 6.56. The van der Waals surface area contributed by atoms with Crippen molar-refractivity contribution >= 4 is 5.91 Å². The van der Waals surface area contributed by atoms with Gasteiger partial charge < -0.3 is 0 Å². The van der Waals surface area contributed by atoms with E-state index in [-0.39, 0.29) is 5.91 Å². The molecule has 0 spiro atoms. The van der Waals surface area contributed by atoms with E-state index in [1.54, 1.807) is 6.07 Å². The van der Waals surface area contributed by atoms with E-state index in [1.807, 2.05) is 19.1 Å². The Balaban J connectivity index is 3.13. The summed E-state index contributed by atoms with van der Waals surface area (Å²) in [6, 6.07) is 5.62. The summed E-state index contributed by atoms with van der Waals surface area (Å²) in [4.78, 5) is 11.3. The van der Waals surface area contributed by atoms with E-state index in [1.165, 1.54) is 11.1 Å². The van der Waals surface area contributed by atoms with E-state index < -0.39 is 0 Å². The molecule has 0 heterocycles. The first-order valence-corrected chi connectivity index (χ1v) is 4.67. The van der Waals surface area contributed by atoms with Crippen molar-refractivity contribution in [2.45, 2.75) is 26.7 Å². The summed E-state index contributed by atoms with van der Waals surface area (Å²) in [5.74, 6) is 5.24. The minimum atomic E-state index is -0.244. The van der Waals surface area contributed by atoms with Crippen LogP contribution in [0.4, 0.5) is 0 Å². The van der Waals surface area contributed by atoms with Gasteiger partial charge >= 0.3 is 0 Å². The number of nitrogens with one attached hydrogen (secondary N) is 1. The maximum atomic E-state index is 11.3. The fourth-order valence-electron chi connectivity index (χ4n) is 1.49. The first kappa shape index (κ1) is 10.7. The normalized spacial score (nSPS) is 10.4. The maximum Gasteiger partial charge on any atom is 0.265 e. The van der Waals surface area contributed by atoms with Crippen LogP contribution in [0.1, 0.15) is 41.3 Å². The molecule has 0 aromatic heterocycles. The minimum absolute atomic E-state index is 0.244. The Hall–Kier alpha value is -1.35. The molecule has 0 fully saturated rings. The molecule has 0 saturated heterocycles. The maximum absolute atomic E-state index is 11.3. The van der Waals surface area contributed by atoms with Crippen LogP contribution in [-0.4, -0.2) is 5.91 Å². The Morgan fingerprint density at radius 2 is 2.07 bits per heavy atom. The largest absolute Gasteiger partial charge is 0.290 e. The molecule has 3 heteroatoms. The van der Waals surface area contributed by atoms with Crippen LogP contribution in [0.15, 0.2) is 18.2 Å². The Labute approximate surface area is 84.3 Å². The van der Waals surface area contributed by atoms with Gasteiger partial charge in [-0.1, -0.05) is 19.9 Å². The zero-order chi connectivity index (χ0) is 10.7. The van der Waals surface area contributed by atoms with Crippen LogP contribution < -0.4 is 11.3 Å². The monoisotopic (exact) mass is 192 g/mol. The Bertz CT molecular complexity index is 345. The van der Waals surface area contributed by atoms with Crippen LogP contribution in [0.25, 0.3) is 0 Å². The third-order valence-corrected chi connectivity index (χ3v) is 2.29. The summed E-state index contributed by atoms with van der Waals surface area (Å²) in [7, 11) is 0. The standard InChI is InChI=1S/C11H16N2O/c1-7(2)10-6-9(11(14)13-12)5-4-8(10)3/h4-7H,12H2,1-3H3,(H,13,14). The van der Waals surface area contributed by atoms with Gasteiger partial charge in [-0.3, -0.25) is 10.2 Å². The second-order valence-electron chi connectivity index (χ2n) is 3.70. The molecule has 1 aromatic carbocycles. The molecular formula is C11H16N2O. The molecule has 3 nitrogen and oxygen atoms in total. The topological polar surface area (TPSA) is 55.1 Å². The molecule has 0 unspecified atom stereocenters. The number of amides is 1. The number of hydrogen-bond donors (Lipinski definition) is 2. The van der Waals surface area contributed by atoms with Crippen molar-refractivity contribution in [3.05, 3.63) is 34.9 Å². The van der Waals surface area contributed by atoms with Crippen molar-refractivity contribution < 1.29 is 4.79 Å². The highest BCUT2D eigenvalue weighted by Crippen LogP contribution is 2.20. The molecule has 0 bridgehead atoms. The van der Waals surface area contributed by atoms with E-state index in [9.17, 15) is 4.79 Å². The van der Waals surface area contributed by atoms with E-state index in [4.69, 9.17) is 5.84 Å². The van der Waals surface area contributed by atoms with Gasteiger partial charge in [0.05, 0.1) is 0 Å². The number of carbonyl (C=O) groups excluding carboxylic acids is 1. The predicted octanol–water partition coefficient (Wildman–Crippen LogP) is 1.72. The lowest BCUT2D eigenvalue weighted by atomic mass is 9.96. The van der Waals surface area contributed by atoms with Crippen molar-refractivity contribution in [2.75, 3.05) is 0 Å². The van der Waals surface area contributed by atoms with Gasteiger partial charge in [-0.2, -0.15) is 0 Å². The number of hydrazine groups is 1. The number of benzene rings is 1. The number of aryl methyl sites for hydroxylation is 1. The van der Waals surface area contributed by atoms with Crippen molar-refractivity contribution in [2.24, 2.45) is 5.84 Å². The van der Waals surface area contributed by atoms with Gasteiger partial charge in [0.25, 0.3) is 5.91 Å². The van der Waals surface area contributed by atoms with Crippen molar-refractivity contribution in [1.29, 1.82) is 0 Å². The van der Waals surface area contributed by atoms with Gasteiger partial charge in [0.2, 0.25) is 0 Å². The molecule has 0 aliphatic rings. The fraction of sp³-hybridized carbons (Fsp3) is 0.364. The number of rotatable bonds is 2. The molecule has 0 saturated carbocycles.